The van der Waals surface area contributed by atoms with Crippen LogP contribution in [0, 0.1) is 0 Å². The summed E-state index contributed by atoms with van der Waals surface area (Å²) in [6, 6.07) is 0.774. The second-order valence-electron chi connectivity index (χ2n) is 5.74. The first kappa shape index (κ1) is 16.0. The summed E-state index contributed by atoms with van der Waals surface area (Å²) in [6.07, 6.45) is 7.34. The Morgan fingerprint density at radius 1 is 1.29 bits per heavy atom. The van der Waals surface area contributed by atoms with Crippen LogP contribution in [0.4, 0.5) is 5.82 Å². The maximum Gasteiger partial charge on any atom is 0.221 e. The fourth-order valence-electron chi connectivity index (χ4n) is 2.38. The number of hydrogen-bond acceptors (Lipinski definition) is 5. The number of aromatic nitrogens is 2. The van der Waals surface area contributed by atoms with Crippen LogP contribution in [0.25, 0.3) is 0 Å². The number of ether oxygens (including phenoxy) is 1. The van der Waals surface area contributed by atoms with Gasteiger partial charge in [-0.2, -0.15) is 0 Å². The molecule has 0 unspecified atom stereocenters. The molecule has 5 nitrogen and oxygen atoms in total. The highest BCUT2D eigenvalue weighted by Crippen LogP contribution is 2.26. The molecule has 1 aromatic rings. The van der Waals surface area contributed by atoms with Gasteiger partial charge < -0.3 is 15.0 Å². The van der Waals surface area contributed by atoms with Crippen molar-refractivity contribution in [2.75, 3.05) is 32.1 Å². The molecule has 1 heterocycles. The molecule has 1 aromatic heterocycles. The topological polar surface area (TPSA) is 50.3 Å². The highest BCUT2D eigenvalue weighted by Gasteiger charge is 2.25. The number of anilines is 1. The molecule has 0 amide bonds. The summed E-state index contributed by atoms with van der Waals surface area (Å²) >= 11 is 0. The van der Waals surface area contributed by atoms with Crippen LogP contribution in [0.5, 0.6) is 5.88 Å². The molecule has 0 saturated heterocycles. The predicted molar refractivity (Wildman–Crippen MR) is 86.0 cm³/mol. The largest absolute Gasteiger partial charge is 0.476 e. The summed E-state index contributed by atoms with van der Waals surface area (Å²) in [4.78, 5) is 11.1. The molecule has 1 aliphatic carbocycles. The lowest BCUT2D eigenvalue weighted by atomic mass is 10.1. The summed E-state index contributed by atoms with van der Waals surface area (Å²) in [5.41, 5.74) is 1.11. The molecule has 0 radical (unpaired) electrons. The molecule has 0 spiro atoms. The van der Waals surface area contributed by atoms with Gasteiger partial charge in [0, 0.05) is 19.1 Å². The van der Waals surface area contributed by atoms with Crippen LogP contribution in [-0.2, 0) is 6.42 Å². The van der Waals surface area contributed by atoms with Crippen LogP contribution in [-0.4, -0.2) is 47.7 Å². The number of nitrogens with one attached hydrogen (secondary N) is 1. The molecule has 1 fully saturated rings. The van der Waals surface area contributed by atoms with E-state index in [2.05, 4.69) is 41.1 Å². The fraction of sp³-hybridized carbons (Fsp3) is 0.750. The van der Waals surface area contributed by atoms with Gasteiger partial charge in [-0.25, -0.2) is 9.97 Å². The van der Waals surface area contributed by atoms with E-state index in [1.807, 2.05) is 0 Å². The van der Waals surface area contributed by atoms with Crippen LogP contribution < -0.4 is 10.1 Å². The van der Waals surface area contributed by atoms with E-state index in [9.17, 15) is 0 Å². The Hall–Kier alpha value is -1.36. The zero-order valence-electron chi connectivity index (χ0n) is 13.6. The number of likely N-dealkylation sites (N-methyl/N-ethyl adjacent to an activating group) is 1. The van der Waals surface area contributed by atoms with Gasteiger partial charge in [-0.15, -0.1) is 0 Å². The van der Waals surface area contributed by atoms with Crippen LogP contribution in [0.3, 0.4) is 0 Å². The van der Waals surface area contributed by atoms with E-state index in [0.29, 0.717) is 6.61 Å². The van der Waals surface area contributed by atoms with E-state index in [1.54, 1.807) is 6.33 Å². The smallest absolute Gasteiger partial charge is 0.221 e. The molecular weight excluding hydrogens is 264 g/mol. The number of hydrogen-bond donors (Lipinski definition) is 1. The van der Waals surface area contributed by atoms with Gasteiger partial charge in [0.15, 0.2) is 0 Å². The normalized spacial score (nSPS) is 14.5. The molecule has 21 heavy (non-hydrogen) atoms. The van der Waals surface area contributed by atoms with Crippen molar-refractivity contribution in [3.05, 3.63) is 11.9 Å². The van der Waals surface area contributed by atoms with Gasteiger partial charge in [0.25, 0.3) is 0 Å². The van der Waals surface area contributed by atoms with Crippen molar-refractivity contribution >= 4 is 5.82 Å². The molecule has 1 saturated carbocycles. The molecule has 118 valence electrons. The zero-order chi connectivity index (χ0) is 15.1. The molecule has 0 bridgehead atoms. The lowest BCUT2D eigenvalue weighted by Gasteiger charge is -2.17. The van der Waals surface area contributed by atoms with Crippen LogP contribution >= 0.6 is 0 Å². The van der Waals surface area contributed by atoms with Crippen molar-refractivity contribution in [1.29, 1.82) is 0 Å². The van der Waals surface area contributed by atoms with Crippen molar-refractivity contribution in [3.63, 3.8) is 0 Å². The van der Waals surface area contributed by atoms with Gasteiger partial charge in [0.05, 0.1) is 5.56 Å². The molecule has 5 heteroatoms. The third-order valence-corrected chi connectivity index (χ3v) is 3.80. The Labute approximate surface area is 128 Å². The van der Waals surface area contributed by atoms with E-state index in [0.717, 1.165) is 55.7 Å². The Kier molecular flexibility index (Phi) is 6.23. The molecule has 0 aromatic carbocycles. The van der Waals surface area contributed by atoms with Crippen LogP contribution in [0.15, 0.2) is 6.33 Å². The molecule has 1 aliphatic rings. The van der Waals surface area contributed by atoms with Gasteiger partial charge in [0.1, 0.15) is 18.8 Å². The lowest BCUT2D eigenvalue weighted by molar-refractivity contribution is 0.225. The molecule has 2 rings (SSSR count). The summed E-state index contributed by atoms with van der Waals surface area (Å²) in [6.45, 7) is 6.89. The van der Waals surface area contributed by atoms with Gasteiger partial charge in [0.2, 0.25) is 5.88 Å². The first-order valence-corrected chi connectivity index (χ1v) is 8.17. The third kappa shape index (κ3) is 4.84. The van der Waals surface area contributed by atoms with E-state index < -0.39 is 0 Å². The van der Waals surface area contributed by atoms with Crippen molar-refractivity contribution in [3.8, 4) is 5.88 Å². The molecular formula is C16H28N4O. The van der Waals surface area contributed by atoms with Crippen LogP contribution in [0.2, 0.25) is 0 Å². The maximum atomic E-state index is 5.93. The Balaban J connectivity index is 1.95. The van der Waals surface area contributed by atoms with Crippen molar-refractivity contribution < 1.29 is 4.74 Å². The van der Waals surface area contributed by atoms with Crippen LogP contribution in [0.1, 0.15) is 45.1 Å². The number of rotatable bonds is 10. The van der Waals surface area contributed by atoms with Gasteiger partial charge in [-0.05, 0) is 32.7 Å². The van der Waals surface area contributed by atoms with E-state index in [1.165, 1.54) is 12.8 Å². The second kappa shape index (κ2) is 8.17. The summed E-state index contributed by atoms with van der Waals surface area (Å²) in [7, 11) is 2.17. The average Bonchev–Trinajstić information content (AvgIpc) is 3.32. The Bertz CT molecular complexity index is 434. The zero-order valence-corrected chi connectivity index (χ0v) is 13.6. The quantitative estimate of drug-likeness (QED) is 0.718. The van der Waals surface area contributed by atoms with Gasteiger partial charge in [-0.3, -0.25) is 0 Å². The molecule has 0 aliphatic heterocycles. The SMILES string of the molecule is CCCNc1ncnc(OCCN(C)C2CC2)c1CCC. The lowest BCUT2D eigenvalue weighted by Crippen LogP contribution is -2.26. The van der Waals surface area contributed by atoms with Crippen molar-refractivity contribution in [1.82, 2.24) is 14.9 Å². The fourth-order valence-corrected chi connectivity index (χ4v) is 2.38. The van der Waals surface area contributed by atoms with E-state index in [-0.39, 0.29) is 0 Å². The maximum absolute atomic E-state index is 5.93. The molecule has 1 N–H and O–H groups in total. The highest BCUT2D eigenvalue weighted by molar-refractivity contribution is 5.48. The first-order chi connectivity index (χ1) is 10.3. The van der Waals surface area contributed by atoms with Gasteiger partial charge >= 0.3 is 0 Å². The minimum absolute atomic E-state index is 0.688. The van der Waals surface area contributed by atoms with E-state index >= 15 is 0 Å². The Morgan fingerprint density at radius 3 is 2.76 bits per heavy atom. The first-order valence-electron chi connectivity index (χ1n) is 8.17. The standard InChI is InChI=1S/C16H28N4O/c1-4-6-14-15(17-9-5-2)18-12-19-16(14)21-11-10-20(3)13-7-8-13/h12-13H,4-11H2,1-3H3,(H,17,18,19). The van der Waals surface area contributed by atoms with Crippen molar-refractivity contribution in [2.45, 2.75) is 52.0 Å². The highest BCUT2D eigenvalue weighted by atomic mass is 16.5. The summed E-state index contributed by atoms with van der Waals surface area (Å²) in [5.74, 6) is 1.67. The third-order valence-electron chi connectivity index (χ3n) is 3.80. The predicted octanol–water partition coefficient (Wildman–Crippen LogP) is 2.72. The van der Waals surface area contributed by atoms with E-state index in [4.69, 9.17) is 4.74 Å². The minimum atomic E-state index is 0.688. The Morgan fingerprint density at radius 2 is 2.10 bits per heavy atom. The molecule has 0 atom stereocenters. The number of nitrogens with zero attached hydrogens (tertiary/aromatic N) is 3. The summed E-state index contributed by atoms with van der Waals surface area (Å²) < 4.78 is 5.93. The summed E-state index contributed by atoms with van der Waals surface area (Å²) in [5, 5.41) is 3.37. The monoisotopic (exact) mass is 292 g/mol. The second-order valence-corrected chi connectivity index (χ2v) is 5.74. The minimum Gasteiger partial charge on any atom is -0.476 e. The average molecular weight is 292 g/mol. The van der Waals surface area contributed by atoms with Gasteiger partial charge in [-0.1, -0.05) is 20.3 Å². The van der Waals surface area contributed by atoms with Crippen molar-refractivity contribution in [2.24, 2.45) is 0 Å².